The number of rotatable bonds is 2. The van der Waals surface area contributed by atoms with Crippen molar-refractivity contribution in [3.05, 3.63) is 58.8 Å². The van der Waals surface area contributed by atoms with Gasteiger partial charge in [0.2, 0.25) is 0 Å². The van der Waals surface area contributed by atoms with E-state index in [4.69, 9.17) is 0 Å². The van der Waals surface area contributed by atoms with Gasteiger partial charge in [0.25, 0.3) is 0 Å². The zero-order valence-corrected chi connectivity index (χ0v) is 7.54. The van der Waals surface area contributed by atoms with Crippen molar-refractivity contribution in [1.82, 2.24) is 0 Å². The van der Waals surface area contributed by atoms with Crippen molar-refractivity contribution in [2.75, 3.05) is 0 Å². The van der Waals surface area contributed by atoms with E-state index in [9.17, 15) is 0 Å². The van der Waals surface area contributed by atoms with E-state index in [1.807, 2.05) is 0 Å². The first kappa shape index (κ1) is 6.94. The highest BCUT2D eigenvalue weighted by Crippen LogP contribution is 2.45. The number of hydrogen-bond acceptors (Lipinski definition) is 0. The van der Waals surface area contributed by atoms with Gasteiger partial charge in [0.05, 0.1) is 0 Å². The first-order valence-corrected chi connectivity index (χ1v) is 4.60. The maximum absolute atomic E-state index is 3.15. The zero-order chi connectivity index (χ0) is 8.84. The van der Waals surface area contributed by atoms with Crippen LogP contribution in [0.5, 0.6) is 0 Å². The van der Waals surface area contributed by atoms with Gasteiger partial charge in [-0.2, -0.15) is 0 Å². The van der Waals surface area contributed by atoms with Crippen LogP contribution < -0.4 is 0 Å². The summed E-state index contributed by atoms with van der Waals surface area (Å²) < 4.78 is 0. The van der Waals surface area contributed by atoms with E-state index in [0.29, 0.717) is 5.92 Å². The normalized spacial score (nSPS) is 22.4. The Labute approximate surface area is 77.9 Å². The molecule has 0 heterocycles. The van der Waals surface area contributed by atoms with E-state index in [1.165, 1.54) is 22.3 Å². The minimum absolute atomic E-state index is 0.600. The average molecular weight is 166 g/mol. The van der Waals surface area contributed by atoms with Gasteiger partial charge >= 0.3 is 0 Å². The summed E-state index contributed by atoms with van der Waals surface area (Å²) in [6.45, 7) is 2.12. The van der Waals surface area contributed by atoms with Gasteiger partial charge in [-0.1, -0.05) is 35.9 Å². The van der Waals surface area contributed by atoms with Crippen LogP contribution in [0.15, 0.2) is 47.7 Å². The Morgan fingerprint density at radius 3 is 2.46 bits per heavy atom. The van der Waals surface area contributed by atoms with E-state index in [2.05, 4.69) is 49.1 Å². The standard InChI is InChI=1S/C13H10/c1-9-2-4-10(5-3-9)12-8-13(12)11-6-7-11/h2-6,8,13H,1H3. The number of aryl methyl sites for hydroxylation is 1. The van der Waals surface area contributed by atoms with Gasteiger partial charge in [-0.25, -0.2) is 0 Å². The zero-order valence-electron chi connectivity index (χ0n) is 7.54. The molecule has 2 aliphatic rings. The smallest absolute Gasteiger partial charge is 0.0358 e. The molecule has 0 fully saturated rings. The van der Waals surface area contributed by atoms with E-state index in [0.717, 1.165) is 0 Å². The van der Waals surface area contributed by atoms with Crippen LogP contribution >= 0.6 is 0 Å². The van der Waals surface area contributed by atoms with Crippen LogP contribution in [0.2, 0.25) is 0 Å². The Bertz CT molecular complexity index is 451. The van der Waals surface area contributed by atoms with Gasteiger partial charge in [0.1, 0.15) is 0 Å². The van der Waals surface area contributed by atoms with Crippen LogP contribution in [0.3, 0.4) is 0 Å². The van der Waals surface area contributed by atoms with Crippen LogP contribution in [-0.4, -0.2) is 0 Å². The third-order valence-corrected chi connectivity index (χ3v) is 2.60. The van der Waals surface area contributed by atoms with Gasteiger partial charge in [0.15, 0.2) is 0 Å². The fraction of sp³-hybridized carbons (Fsp3) is 0.154. The Morgan fingerprint density at radius 2 is 1.85 bits per heavy atom. The molecule has 0 nitrogen and oxygen atoms in total. The second-order valence-electron chi connectivity index (χ2n) is 3.71. The Morgan fingerprint density at radius 1 is 1.15 bits per heavy atom. The fourth-order valence-electron chi connectivity index (χ4n) is 1.63. The first-order chi connectivity index (χ1) is 6.34. The summed E-state index contributed by atoms with van der Waals surface area (Å²) >= 11 is 0. The molecule has 0 saturated carbocycles. The molecule has 0 spiro atoms. The molecule has 3 rings (SSSR count). The third-order valence-electron chi connectivity index (χ3n) is 2.60. The van der Waals surface area contributed by atoms with Crippen molar-refractivity contribution in [3.63, 3.8) is 0 Å². The van der Waals surface area contributed by atoms with Crippen molar-refractivity contribution < 1.29 is 0 Å². The molecule has 0 heteroatoms. The molecule has 62 valence electrons. The topological polar surface area (TPSA) is 0 Å². The quantitative estimate of drug-likeness (QED) is 0.592. The lowest BCUT2D eigenvalue weighted by Crippen LogP contribution is -1.80. The second kappa shape index (κ2) is 2.25. The molecule has 13 heavy (non-hydrogen) atoms. The van der Waals surface area contributed by atoms with Gasteiger partial charge in [-0.05, 0) is 24.1 Å². The molecule has 0 radical (unpaired) electrons. The molecule has 2 aliphatic carbocycles. The predicted octanol–water partition coefficient (Wildman–Crippen LogP) is 3.10. The van der Waals surface area contributed by atoms with Gasteiger partial charge < -0.3 is 0 Å². The fourth-order valence-corrected chi connectivity index (χ4v) is 1.63. The molecule has 1 aromatic rings. The van der Waals surface area contributed by atoms with Crippen LogP contribution in [0.25, 0.3) is 5.57 Å². The number of allylic oxidation sites excluding steroid dienone is 3. The largest absolute Gasteiger partial charge is 0.115 e. The monoisotopic (exact) mass is 166 g/mol. The molecular formula is C13H10. The minimum Gasteiger partial charge on any atom is -0.115 e. The third kappa shape index (κ3) is 1.16. The highest BCUT2D eigenvalue weighted by Gasteiger charge is 2.30. The molecule has 0 bridgehead atoms. The van der Waals surface area contributed by atoms with Crippen molar-refractivity contribution in [1.29, 1.82) is 0 Å². The Hall–Kier alpha value is -1.52. The molecule has 1 unspecified atom stereocenters. The molecule has 0 aromatic heterocycles. The van der Waals surface area contributed by atoms with Crippen LogP contribution in [0.1, 0.15) is 11.1 Å². The molecular weight excluding hydrogens is 156 g/mol. The van der Waals surface area contributed by atoms with Crippen molar-refractivity contribution in [3.8, 4) is 0 Å². The molecule has 0 amide bonds. The van der Waals surface area contributed by atoms with E-state index < -0.39 is 0 Å². The summed E-state index contributed by atoms with van der Waals surface area (Å²) in [5, 5.41) is 0. The lowest BCUT2D eigenvalue weighted by atomic mass is 10.1. The SMILES string of the molecule is Cc1ccc(C2=CC2C2=C=C2)cc1. The molecule has 1 aromatic carbocycles. The first-order valence-electron chi connectivity index (χ1n) is 4.60. The summed E-state index contributed by atoms with van der Waals surface area (Å²) in [7, 11) is 0. The van der Waals surface area contributed by atoms with Gasteiger partial charge in [-0.15, -0.1) is 5.73 Å². The summed E-state index contributed by atoms with van der Waals surface area (Å²) in [5.74, 6) is 0.600. The maximum Gasteiger partial charge on any atom is 0.0358 e. The minimum atomic E-state index is 0.600. The summed E-state index contributed by atoms with van der Waals surface area (Å²) in [6.07, 6.45) is 4.37. The molecule has 0 aliphatic heterocycles. The van der Waals surface area contributed by atoms with Crippen LogP contribution in [-0.2, 0) is 0 Å². The van der Waals surface area contributed by atoms with Crippen molar-refractivity contribution in [2.45, 2.75) is 6.92 Å². The van der Waals surface area contributed by atoms with E-state index in [1.54, 1.807) is 0 Å². The molecule has 0 saturated heterocycles. The van der Waals surface area contributed by atoms with Crippen LogP contribution in [0, 0.1) is 12.8 Å². The van der Waals surface area contributed by atoms with Crippen molar-refractivity contribution in [2.24, 2.45) is 5.92 Å². The van der Waals surface area contributed by atoms with Gasteiger partial charge in [-0.3, -0.25) is 0 Å². The Balaban J connectivity index is 1.83. The highest BCUT2D eigenvalue weighted by molar-refractivity contribution is 5.85. The number of hydrogen-bond donors (Lipinski definition) is 0. The maximum atomic E-state index is 3.15. The summed E-state index contributed by atoms with van der Waals surface area (Å²) in [6, 6.07) is 8.73. The summed E-state index contributed by atoms with van der Waals surface area (Å²) in [4.78, 5) is 0. The van der Waals surface area contributed by atoms with E-state index in [-0.39, 0.29) is 0 Å². The lowest BCUT2D eigenvalue weighted by Gasteiger charge is -1.97. The predicted molar refractivity (Wildman–Crippen MR) is 54.2 cm³/mol. The molecule has 1 atom stereocenters. The number of benzene rings is 1. The van der Waals surface area contributed by atoms with Crippen LogP contribution in [0.4, 0.5) is 0 Å². The van der Waals surface area contributed by atoms with Crippen molar-refractivity contribution >= 4 is 5.57 Å². The van der Waals surface area contributed by atoms with Gasteiger partial charge in [0, 0.05) is 11.5 Å². The second-order valence-corrected chi connectivity index (χ2v) is 3.71. The summed E-state index contributed by atoms with van der Waals surface area (Å²) in [5.41, 5.74) is 8.68. The molecule has 0 N–H and O–H groups in total. The lowest BCUT2D eigenvalue weighted by molar-refractivity contribution is 1.22. The van der Waals surface area contributed by atoms with E-state index >= 15 is 0 Å². The Kier molecular flexibility index (Phi) is 1.20. The highest BCUT2D eigenvalue weighted by atomic mass is 14.3. The average Bonchev–Trinajstić information content (AvgIpc) is 2.99.